The van der Waals surface area contributed by atoms with Gasteiger partial charge in [-0.2, -0.15) is 0 Å². The third-order valence-electron chi connectivity index (χ3n) is 2.56. The second-order valence-corrected chi connectivity index (χ2v) is 4.77. The molecule has 1 aromatic carbocycles. The van der Waals surface area contributed by atoms with Gasteiger partial charge in [0.2, 0.25) is 0 Å². The van der Waals surface area contributed by atoms with Crippen molar-refractivity contribution < 1.29 is 19.2 Å². The molecule has 0 spiro atoms. The monoisotopic (exact) mass is 344 g/mol. The highest BCUT2D eigenvalue weighted by Crippen LogP contribution is 2.22. The average molecular weight is 345 g/mol. The second-order valence-electron chi connectivity index (χ2n) is 3.85. The van der Waals surface area contributed by atoms with Crippen LogP contribution in [0.5, 0.6) is 0 Å². The van der Waals surface area contributed by atoms with Gasteiger partial charge in [0.25, 0.3) is 11.6 Å². The average Bonchev–Trinajstić information content (AvgIpc) is 2.42. The number of rotatable bonds is 5. The van der Waals surface area contributed by atoms with Crippen LogP contribution in [0.1, 0.15) is 17.3 Å². The topological polar surface area (TPSA) is 89.8 Å². The van der Waals surface area contributed by atoms with E-state index in [1.165, 1.54) is 30.2 Å². The number of non-ortho nitro benzene ring substituents is 1. The van der Waals surface area contributed by atoms with Gasteiger partial charge in [-0.25, -0.2) is 0 Å². The Bertz CT molecular complexity index is 547. The molecule has 7 nitrogen and oxygen atoms in total. The first-order chi connectivity index (χ1) is 9.38. The molecule has 0 saturated carbocycles. The summed E-state index contributed by atoms with van der Waals surface area (Å²) in [5.74, 6) is -1.02. The highest BCUT2D eigenvalue weighted by molar-refractivity contribution is 9.10. The number of carbonyl (C=O) groups excluding carboxylic acids is 2. The number of esters is 1. The van der Waals surface area contributed by atoms with Crippen LogP contribution >= 0.6 is 15.9 Å². The predicted octanol–water partition coefficient (Wildman–Crippen LogP) is 1.99. The van der Waals surface area contributed by atoms with E-state index in [4.69, 9.17) is 0 Å². The van der Waals surface area contributed by atoms with Crippen molar-refractivity contribution >= 4 is 33.5 Å². The van der Waals surface area contributed by atoms with Crippen molar-refractivity contribution in [2.45, 2.75) is 6.92 Å². The predicted molar refractivity (Wildman–Crippen MR) is 74.4 cm³/mol. The maximum absolute atomic E-state index is 12.2. The normalized spacial score (nSPS) is 9.95. The van der Waals surface area contributed by atoms with Gasteiger partial charge >= 0.3 is 5.97 Å². The van der Waals surface area contributed by atoms with E-state index in [9.17, 15) is 19.7 Å². The Labute approximate surface area is 123 Å². The highest BCUT2D eigenvalue weighted by Gasteiger charge is 2.20. The number of ether oxygens (including phenoxy) is 1. The lowest BCUT2D eigenvalue weighted by Crippen LogP contribution is -2.36. The summed E-state index contributed by atoms with van der Waals surface area (Å²) in [6.45, 7) is 1.79. The van der Waals surface area contributed by atoms with Gasteiger partial charge in [-0.3, -0.25) is 19.7 Å². The van der Waals surface area contributed by atoms with Crippen LogP contribution in [0.2, 0.25) is 0 Å². The Morgan fingerprint density at radius 2 is 2.05 bits per heavy atom. The molecule has 1 amide bonds. The minimum atomic E-state index is -0.585. The molecule has 8 heteroatoms. The summed E-state index contributed by atoms with van der Waals surface area (Å²) in [5, 5.41) is 10.8. The van der Waals surface area contributed by atoms with Gasteiger partial charge in [-0.1, -0.05) is 15.9 Å². The second kappa shape index (κ2) is 6.99. The van der Waals surface area contributed by atoms with Crippen molar-refractivity contribution in [1.82, 2.24) is 4.90 Å². The maximum atomic E-state index is 12.2. The largest absolute Gasteiger partial charge is 0.468 e. The summed E-state index contributed by atoms with van der Waals surface area (Å²) >= 11 is 3.12. The van der Waals surface area contributed by atoms with Gasteiger partial charge in [0, 0.05) is 28.7 Å². The SMILES string of the molecule is CCN(CC(=O)OC)C(=O)c1cc(Br)cc([N+](=O)[O-])c1. The number of nitrogens with zero attached hydrogens (tertiary/aromatic N) is 2. The Hall–Kier alpha value is -1.96. The molecule has 0 N–H and O–H groups in total. The van der Waals surface area contributed by atoms with Gasteiger partial charge in [-0.15, -0.1) is 0 Å². The van der Waals surface area contributed by atoms with E-state index in [0.29, 0.717) is 4.47 Å². The molecule has 0 aliphatic heterocycles. The standard InChI is InChI=1S/C12H13BrN2O5/c1-3-14(7-11(16)20-2)12(17)8-4-9(13)6-10(5-8)15(18)19/h4-6H,3,7H2,1-2H3. The lowest BCUT2D eigenvalue weighted by atomic mass is 10.1. The molecular weight excluding hydrogens is 332 g/mol. The van der Waals surface area contributed by atoms with Gasteiger partial charge in [-0.05, 0) is 13.0 Å². The zero-order valence-corrected chi connectivity index (χ0v) is 12.5. The summed E-state index contributed by atoms with van der Waals surface area (Å²) in [5.41, 5.74) is -0.0614. The maximum Gasteiger partial charge on any atom is 0.325 e. The van der Waals surface area contributed by atoms with E-state index in [1.54, 1.807) is 6.92 Å². The molecule has 0 aliphatic rings. The van der Waals surface area contributed by atoms with Crippen molar-refractivity contribution in [3.05, 3.63) is 38.3 Å². The Balaban J connectivity index is 3.06. The summed E-state index contributed by atoms with van der Waals surface area (Å²) < 4.78 is 4.92. The van der Waals surface area contributed by atoms with E-state index < -0.39 is 16.8 Å². The highest BCUT2D eigenvalue weighted by atomic mass is 79.9. The van der Waals surface area contributed by atoms with Gasteiger partial charge in [0.05, 0.1) is 12.0 Å². The third kappa shape index (κ3) is 4.02. The van der Waals surface area contributed by atoms with Crippen LogP contribution in [0.3, 0.4) is 0 Å². The van der Waals surface area contributed by atoms with Gasteiger partial charge in [0.1, 0.15) is 6.54 Å². The summed E-state index contributed by atoms with van der Waals surface area (Å²) in [7, 11) is 1.23. The fourth-order valence-corrected chi connectivity index (χ4v) is 2.01. The number of hydrogen-bond acceptors (Lipinski definition) is 5. The number of hydrogen-bond donors (Lipinski definition) is 0. The number of benzene rings is 1. The van der Waals surface area contributed by atoms with Crippen LogP contribution in [-0.4, -0.2) is 41.9 Å². The first-order valence-corrected chi connectivity index (χ1v) is 6.49. The minimum Gasteiger partial charge on any atom is -0.468 e. The number of carbonyl (C=O) groups is 2. The van der Waals surface area contributed by atoms with Gasteiger partial charge in [0.15, 0.2) is 0 Å². The minimum absolute atomic E-state index is 0.136. The van der Waals surface area contributed by atoms with Gasteiger partial charge < -0.3 is 9.64 Å². The molecule has 0 aliphatic carbocycles. The molecule has 0 saturated heterocycles. The fraction of sp³-hybridized carbons (Fsp3) is 0.333. The Kier molecular flexibility index (Phi) is 5.63. The van der Waals surface area contributed by atoms with E-state index >= 15 is 0 Å². The van der Waals surface area contributed by atoms with Crippen LogP contribution in [0, 0.1) is 10.1 Å². The lowest BCUT2D eigenvalue weighted by Gasteiger charge is -2.19. The first kappa shape index (κ1) is 16.1. The van der Waals surface area contributed by atoms with Crippen LogP contribution in [-0.2, 0) is 9.53 Å². The van der Waals surface area contributed by atoms with E-state index in [-0.39, 0.29) is 24.3 Å². The Morgan fingerprint density at radius 3 is 2.55 bits per heavy atom. The zero-order chi connectivity index (χ0) is 15.3. The van der Waals surface area contributed by atoms with Crippen molar-refractivity contribution in [3.63, 3.8) is 0 Å². The van der Waals surface area contributed by atoms with E-state index in [0.717, 1.165) is 0 Å². The number of methoxy groups -OCH3 is 1. The smallest absolute Gasteiger partial charge is 0.325 e. The molecule has 108 valence electrons. The number of nitro benzene ring substituents is 1. The Morgan fingerprint density at radius 1 is 1.40 bits per heavy atom. The third-order valence-corrected chi connectivity index (χ3v) is 3.01. The van der Waals surface area contributed by atoms with Crippen molar-refractivity contribution in [3.8, 4) is 0 Å². The first-order valence-electron chi connectivity index (χ1n) is 5.70. The molecule has 1 rings (SSSR count). The molecule has 0 bridgehead atoms. The molecule has 0 fully saturated rings. The molecular formula is C12H13BrN2O5. The molecule has 0 radical (unpaired) electrons. The van der Waals surface area contributed by atoms with Crippen molar-refractivity contribution in [2.24, 2.45) is 0 Å². The summed E-state index contributed by atoms with van der Waals surface area (Å²) in [6.07, 6.45) is 0. The molecule has 0 unspecified atom stereocenters. The van der Waals surface area contributed by atoms with E-state index in [2.05, 4.69) is 20.7 Å². The van der Waals surface area contributed by atoms with Crippen molar-refractivity contribution in [2.75, 3.05) is 20.2 Å². The fourth-order valence-electron chi connectivity index (χ4n) is 1.53. The number of likely N-dealkylation sites (N-methyl/N-ethyl adjacent to an activating group) is 1. The zero-order valence-electron chi connectivity index (χ0n) is 11.0. The molecule has 0 aromatic heterocycles. The summed E-state index contributed by atoms with van der Waals surface area (Å²) in [6, 6.07) is 3.94. The number of nitro groups is 1. The van der Waals surface area contributed by atoms with E-state index in [1.807, 2.05) is 0 Å². The molecule has 0 heterocycles. The van der Waals surface area contributed by atoms with Crippen LogP contribution in [0.15, 0.2) is 22.7 Å². The van der Waals surface area contributed by atoms with Crippen LogP contribution in [0.4, 0.5) is 5.69 Å². The van der Waals surface area contributed by atoms with Crippen LogP contribution in [0.25, 0.3) is 0 Å². The molecule has 1 aromatic rings. The summed E-state index contributed by atoms with van der Waals surface area (Å²) in [4.78, 5) is 34.9. The van der Waals surface area contributed by atoms with Crippen LogP contribution < -0.4 is 0 Å². The quantitative estimate of drug-likeness (QED) is 0.463. The lowest BCUT2D eigenvalue weighted by molar-refractivity contribution is -0.385. The van der Waals surface area contributed by atoms with Crippen molar-refractivity contribution in [1.29, 1.82) is 0 Å². The molecule has 20 heavy (non-hydrogen) atoms. The number of amides is 1. The molecule has 0 atom stereocenters. The number of halogens is 1.